The van der Waals surface area contributed by atoms with Gasteiger partial charge in [0.1, 0.15) is 5.75 Å². The van der Waals surface area contributed by atoms with Gasteiger partial charge in [0.05, 0.1) is 12.2 Å². The van der Waals surface area contributed by atoms with Crippen LogP contribution in [0.4, 0.5) is 0 Å². The minimum absolute atomic E-state index is 0.239. The van der Waals surface area contributed by atoms with E-state index in [-0.39, 0.29) is 11.8 Å². The van der Waals surface area contributed by atoms with Crippen molar-refractivity contribution in [1.29, 1.82) is 0 Å². The molecule has 29 heavy (non-hydrogen) atoms. The Morgan fingerprint density at radius 3 is 2.17 bits per heavy atom. The zero-order chi connectivity index (χ0) is 21.2. The van der Waals surface area contributed by atoms with E-state index in [0.717, 1.165) is 25.0 Å². The van der Waals surface area contributed by atoms with Crippen LogP contribution in [0.3, 0.4) is 0 Å². The molecule has 164 valence electrons. The maximum atomic E-state index is 7.11. The summed E-state index contributed by atoms with van der Waals surface area (Å²) in [7, 11) is 0. The molecule has 3 heteroatoms. The fourth-order valence-corrected chi connectivity index (χ4v) is 5.85. The average Bonchev–Trinajstić information content (AvgIpc) is 3.21. The second-order valence-corrected chi connectivity index (χ2v) is 9.79. The van der Waals surface area contributed by atoms with Crippen LogP contribution in [-0.4, -0.2) is 24.0 Å². The molecule has 3 nitrogen and oxygen atoms in total. The van der Waals surface area contributed by atoms with E-state index >= 15 is 0 Å². The normalized spacial score (nSPS) is 30.8. The fourth-order valence-electron chi connectivity index (χ4n) is 5.85. The van der Waals surface area contributed by atoms with Crippen LogP contribution in [0.15, 0.2) is 12.1 Å². The summed E-state index contributed by atoms with van der Waals surface area (Å²) in [6.45, 7) is 15.7. The van der Waals surface area contributed by atoms with Crippen molar-refractivity contribution in [2.75, 3.05) is 0 Å². The molecule has 0 spiro atoms. The van der Waals surface area contributed by atoms with Crippen molar-refractivity contribution < 1.29 is 9.47 Å². The van der Waals surface area contributed by atoms with Gasteiger partial charge in [0.15, 0.2) is 5.72 Å². The van der Waals surface area contributed by atoms with Crippen LogP contribution in [0, 0.1) is 32.6 Å². The lowest BCUT2D eigenvalue weighted by molar-refractivity contribution is -0.169. The fraction of sp³-hybridized carbons (Fsp3) is 0.769. The van der Waals surface area contributed by atoms with E-state index in [1.165, 1.54) is 42.4 Å². The van der Waals surface area contributed by atoms with Gasteiger partial charge in [-0.15, -0.1) is 0 Å². The van der Waals surface area contributed by atoms with Crippen molar-refractivity contribution in [2.45, 2.75) is 117 Å². The van der Waals surface area contributed by atoms with Crippen LogP contribution in [0.2, 0.25) is 0 Å². The molecule has 1 aromatic carbocycles. The van der Waals surface area contributed by atoms with Gasteiger partial charge in [-0.05, 0) is 70.9 Å². The molecule has 1 heterocycles. The topological polar surface area (TPSA) is 30.5 Å². The number of aryl methyl sites for hydroxylation is 3. The van der Waals surface area contributed by atoms with Crippen molar-refractivity contribution in [2.24, 2.45) is 11.8 Å². The first-order valence-electron chi connectivity index (χ1n) is 12.0. The van der Waals surface area contributed by atoms with Crippen LogP contribution >= 0.6 is 0 Å². The highest BCUT2D eigenvalue weighted by molar-refractivity contribution is 5.43. The lowest BCUT2D eigenvalue weighted by Gasteiger charge is -2.53. The Labute approximate surface area is 178 Å². The van der Waals surface area contributed by atoms with Gasteiger partial charge < -0.3 is 9.47 Å². The quantitative estimate of drug-likeness (QED) is 0.568. The summed E-state index contributed by atoms with van der Waals surface area (Å²) in [5.74, 6) is 1.91. The smallest absolute Gasteiger partial charge is 0.169 e. The molecule has 0 bridgehead atoms. The molecular formula is C26H43NO2. The van der Waals surface area contributed by atoms with Crippen molar-refractivity contribution in [3.8, 4) is 5.75 Å². The lowest BCUT2D eigenvalue weighted by atomic mass is 9.75. The Hall–Kier alpha value is -1.06. The average molecular weight is 402 g/mol. The summed E-state index contributed by atoms with van der Waals surface area (Å²) in [5.41, 5.74) is 3.43. The van der Waals surface area contributed by atoms with Gasteiger partial charge in [-0.2, -0.15) is 0 Å². The maximum Gasteiger partial charge on any atom is 0.169 e. The van der Waals surface area contributed by atoms with Crippen molar-refractivity contribution in [1.82, 2.24) is 5.32 Å². The van der Waals surface area contributed by atoms with Crippen molar-refractivity contribution in [3.05, 3.63) is 28.8 Å². The second-order valence-electron chi connectivity index (χ2n) is 9.79. The Kier molecular flexibility index (Phi) is 7.32. The predicted octanol–water partition coefficient (Wildman–Crippen LogP) is 6.47. The van der Waals surface area contributed by atoms with Crippen LogP contribution in [-0.2, 0) is 4.74 Å². The van der Waals surface area contributed by atoms with E-state index in [1.807, 2.05) is 0 Å². The van der Waals surface area contributed by atoms with Crippen LogP contribution in [0.25, 0.3) is 0 Å². The number of nitrogens with one attached hydrogen (secondary N) is 1. The monoisotopic (exact) mass is 401 g/mol. The van der Waals surface area contributed by atoms with Gasteiger partial charge >= 0.3 is 0 Å². The first kappa shape index (κ1) is 22.6. The molecule has 0 amide bonds. The third kappa shape index (κ3) is 4.66. The number of benzene rings is 1. The van der Waals surface area contributed by atoms with E-state index in [1.54, 1.807) is 0 Å². The Balaban J connectivity index is 1.99. The van der Waals surface area contributed by atoms with Crippen molar-refractivity contribution in [3.63, 3.8) is 0 Å². The minimum atomic E-state index is -0.352. The van der Waals surface area contributed by atoms with E-state index < -0.39 is 0 Å². The third-order valence-corrected chi connectivity index (χ3v) is 7.41. The molecule has 2 fully saturated rings. The summed E-state index contributed by atoms with van der Waals surface area (Å²) in [6, 6.07) is 4.89. The van der Waals surface area contributed by atoms with Crippen LogP contribution < -0.4 is 10.1 Å². The molecule has 1 N–H and O–H groups in total. The molecule has 0 aromatic heterocycles. The van der Waals surface area contributed by atoms with Gasteiger partial charge in [0, 0.05) is 17.9 Å². The molecule has 1 saturated heterocycles. The summed E-state index contributed by atoms with van der Waals surface area (Å²) < 4.78 is 13.8. The zero-order valence-electron chi connectivity index (χ0n) is 19.8. The molecule has 1 saturated carbocycles. The van der Waals surface area contributed by atoms with E-state index in [2.05, 4.69) is 65.9 Å². The SMILES string of the molecule is CCC(CC)OC1CC(C)NC(Oc2c(C)cc(C)cc2C)(C2CCCC2)C1C. The molecule has 1 aliphatic heterocycles. The molecular weight excluding hydrogens is 358 g/mol. The molecule has 0 radical (unpaired) electrons. The highest BCUT2D eigenvalue weighted by atomic mass is 16.5. The molecule has 4 unspecified atom stereocenters. The van der Waals surface area contributed by atoms with Crippen LogP contribution in [0.5, 0.6) is 5.75 Å². The largest absolute Gasteiger partial charge is 0.472 e. The van der Waals surface area contributed by atoms with Gasteiger partial charge in [-0.3, -0.25) is 5.32 Å². The van der Waals surface area contributed by atoms with Crippen molar-refractivity contribution >= 4 is 0 Å². The van der Waals surface area contributed by atoms with Crippen LogP contribution in [0.1, 0.15) is 89.3 Å². The first-order valence-corrected chi connectivity index (χ1v) is 12.0. The summed E-state index contributed by atoms with van der Waals surface area (Å²) >= 11 is 0. The molecule has 2 aliphatic rings. The second kappa shape index (κ2) is 9.39. The van der Waals surface area contributed by atoms with E-state index in [0.29, 0.717) is 24.0 Å². The minimum Gasteiger partial charge on any atom is -0.472 e. The number of rotatable bonds is 7. The van der Waals surface area contributed by atoms with E-state index in [4.69, 9.17) is 9.47 Å². The standard InChI is InChI=1S/C26H43NO2/c1-8-23(9-2)28-24-16-20(6)27-26(21(24)7,22-12-10-11-13-22)29-25-18(4)14-17(3)15-19(25)5/h14-15,20-24,27H,8-13,16H2,1-7H3. The number of hydrogen-bond donors (Lipinski definition) is 1. The number of piperidine rings is 1. The Bertz CT molecular complexity index is 654. The number of hydrogen-bond acceptors (Lipinski definition) is 3. The highest BCUT2D eigenvalue weighted by Gasteiger charge is 2.53. The first-order chi connectivity index (χ1) is 13.8. The Morgan fingerprint density at radius 2 is 1.62 bits per heavy atom. The Morgan fingerprint density at radius 1 is 1.03 bits per heavy atom. The van der Waals surface area contributed by atoms with E-state index in [9.17, 15) is 0 Å². The van der Waals surface area contributed by atoms with Gasteiger partial charge in [0.25, 0.3) is 0 Å². The molecule has 1 aromatic rings. The third-order valence-electron chi connectivity index (χ3n) is 7.41. The van der Waals surface area contributed by atoms with Gasteiger partial charge in [0.2, 0.25) is 0 Å². The summed E-state index contributed by atoms with van der Waals surface area (Å²) in [6.07, 6.45) is 8.90. The highest BCUT2D eigenvalue weighted by Crippen LogP contribution is 2.46. The molecule has 1 aliphatic carbocycles. The molecule has 4 atom stereocenters. The summed E-state index contributed by atoms with van der Waals surface area (Å²) in [5, 5.41) is 3.98. The predicted molar refractivity (Wildman–Crippen MR) is 122 cm³/mol. The molecule has 3 rings (SSSR count). The lowest BCUT2D eigenvalue weighted by Crippen LogP contribution is -2.69. The van der Waals surface area contributed by atoms with Gasteiger partial charge in [-0.1, -0.05) is 51.3 Å². The zero-order valence-corrected chi connectivity index (χ0v) is 19.8. The maximum absolute atomic E-state index is 7.11. The van der Waals surface area contributed by atoms with Gasteiger partial charge in [-0.25, -0.2) is 0 Å². The summed E-state index contributed by atoms with van der Waals surface area (Å²) in [4.78, 5) is 0. The number of ether oxygens (including phenoxy) is 2.